The van der Waals surface area contributed by atoms with Crippen LogP contribution in [0.4, 0.5) is 0 Å². The fourth-order valence-electron chi connectivity index (χ4n) is 1.80. The average Bonchev–Trinajstić information content (AvgIpc) is 2.97. The molecule has 0 aliphatic heterocycles. The zero-order valence-electron chi connectivity index (χ0n) is 11.1. The molecule has 0 aromatic carbocycles. The summed E-state index contributed by atoms with van der Waals surface area (Å²) in [5.41, 5.74) is 0. The second kappa shape index (κ2) is 5.76. The van der Waals surface area contributed by atoms with Gasteiger partial charge in [0.2, 0.25) is 20.9 Å². The van der Waals surface area contributed by atoms with Crippen LogP contribution in [0.2, 0.25) is 0 Å². The van der Waals surface area contributed by atoms with Crippen molar-refractivity contribution in [1.29, 1.82) is 0 Å². The predicted molar refractivity (Wildman–Crippen MR) is 76.2 cm³/mol. The number of hydrogen-bond acceptors (Lipinski definition) is 5. The zero-order chi connectivity index (χ0) is 14.8. The van der Waals surface area contributed by atoms with Crippen LogP contribution in [0, 0.1) is 0 Å². The Balaban J connectivity index is 2.04. The first-order chi connectivity index (χ1) is 9.38. The smallest absolute Gasteiger partial charge is 0.240 e. The lowest BCUT2D eigenvalue weighted by molar-refractivity contribution is -0.122. The largest absolute Gasteiger partial charge is 0.347 e. The Morgan fingerprint density at radius 1 is 1.55 bits per heavy atom. The second-order valence-corrected chi connectivity index (χ2v) is 7.30. The van der Waals surface area contributed by atoms with Gasteiger partial charge in [-0.05, 0) is 18.4 Å². The maximum atomic E-state index is 11.9. The Morgan fingerprint density at radius 3 is 2.90 bits per heavy atom. The Morgan fingerprint density at radius 2 is 2.30 bits per heavy atom. The van der Waals surface area contributed by atoms with Gasteiger partial charge >= 0.3 is 0 Å². The number of amides is 1. The first-order valence-corrected chi connectivity index (χ1v) is 8.69. The lowest BCUT2D eigenvalue weighted by Gasteiger charge is -2.13. The van der Waals surface area contributed by atoms with Gasteiger partial charge in [-0.2, -0.15) is 0 Å². The monoisotopic (exact) mass is 313 g/mol. The van der Waals surface area contributed by atoms with Crippen LogP contribution in [0.15, 0.2) is 35.1 Å². The van der Waals surface area contributed by atoms with E-state index in [0.717, 1.165) is 11.1 Å². The van der Waals surface area contributed by atoms with Crippen molar-refractivity contribution in [3.8, 4) is 0 Å². The summed E-state index contributed by atoms with van der Waals surface area (Å²) in [5.74, 6) is -0.256. The molecule has 2 rings (SSSR count). The van der Waals surface area contributed by atoms with E-state index in [1.54, 1.807) is 11.3 Å². The molecule has 0 saturated heterocycles. The number of aromatic nitrogens is 2. The van der Waals surface area contributed by atoms with Crippen molar-refractivity contribution in [3.63, 3.8) is 0 Å². The topological polar surface area (TPSA) is 81.1 Å². The van der Waals surface area contributed by atoms with Gasteiger partial charge in [0, 0.05) is 23.5 Å². The number of thiophene rings is 1. The van der Waals surface area contributed by atoms with E-state index in [9.17, 15) is 13.2 Å². The fraction of sp³-hybridized carbons (Fsp3) is 0.333. The van der Waals surface area contributed by atoms with Crippen LogP contribution in [-0.4, -0.2) is 30.1 Å². The van der Waals surface area contributed by atoms with Gasteiger partial charge in [-0.1, -0.05) is 6.07 Å². The van der Waals surface area contributed by atoms with Crippen LogP contribution in [0.25, 0.3) is 0 Å². The van der Waals surface area contributed by atoms with Crippen molar-refractivity contribution < 1.29 is 13.2 Å². The number of carbonyl (C=O) groups is 1. The molecule has 0 aliphatic carbocycles. The van der Waals surface area contributed by atoms with Crippen LogP contribution in [0.5, 0.6) is 0 Å². The Kier molecular flexibility index (Phi) is 4.24. The highest BCUT2D eigenvalue weighted by Gasteiger charge is 2.17. The molecule has 0 saturated carbocycles. The van der Waals surface area contributed by atoms with Gasteiger partial charge in [0.25, 0.3) is 0 Å². The first kappa shape index (κ1) is 14.7. The predicted octanol–water partition coefficient (Wildman–Crippen LogP) is 1.23. The van der Waals surface area contributed by atoms with E-state index in [4.69, 9.17) is 0 Å². The van der Waals surface area contributed by atoms with Crippen molar-refractivity contribution in [2.75, 3.05) is 6.26 Å². The van der Waals surface area contributed by atoms with Crippen molar-refractivity contribution in [1.82, 2.24) is 14.9 Å². The molecule has 0 spiro atoms. The van der Waals surface area contributed by atoms with E-state index < -0.39 is 9.84 Å². The third-order valence-electron chi connectivity index (χ3n) is 2.67. The quantitative estimate of drug-likeness (QED) is 0.900. The summed E-state index contributed by atoms with van der Waals surface area (Å²) < 4.78 is 24.3. The van der Waals surface area contributed by atoms with Crippen molar-refractivity contribution >= 4 is 27.1 Å². The fourth-order valence-corrected chi connectivity index (χ4v) is 3.33. The van der Waals surface area contributed by atoms with Crippen LogP contribution < -0.4 is 5.32 Å². The maximum Gasteiger partial charge on any atom is 0.240 e. The SMILES string of the molecule is C[C@H](NC(=O)Cn1ccnc1S(C)(=O)=O)c1cccs1. The zero-order valence-corrected chi connectivity index (χ0v) is 12.7. The lowest BCUT2D eigenvalue weighted by atomic mass is 10.3. The van der Waals surface area contributed by atoms with Crippen LogP contribution >= 0.6 is 11.3 Å². The number of rotatable bonds is 5. The van der Waals surface area contributed by atoms with Crippen molar-refractivity contribution in [2.24, 2.45) is 0 Å². The molecule has 6 nitrogen and oxygen atoms in total. The molecule has 0 aliphatic rings. The molecule has 0 radical (unpaired) electrons. The molecule has 0 unspecified atom stereocenters. The third kappa shape index (κ3) is 3.45. The van der Waals surface area contributed by atoms with E-state index in [1.807, 2.05) is 24.4 Å². The van der Waals surface area contributed by atoms with Gasteiger partial charge in [-0.15, -0.1) is 11.3 Å². The Hall–Kier alpha value is -1.67. The van der Waals surface area contributed by atoms with Gasteiger partial charge < -0.3 is 9.88 Å². The molecule has 1 atom stereocenters. The molecule has 8 heteroatoms. The lowest BCUT2D eigenvalue weighted by Crippen LogP contribution is -2.30. The van der Waals surface area contributed by atoms with Gasteiger partial charge in [-0.3, -0.25) is 4.79 Å². The molecule has 20 heavy (non-hydrogen) atoms. The van der Waals surface area contributed by atoms with Crippen molar-refractivity contribution in [2.45, 2.75) is 24.7 Å². The van der Waals surface area contributed by atoms with Gasteiger partial charge in [-0.25, -0.2) is 13.4 Å². The summed E-state index contributed by atoms with van der Waals surface area (Å²) in [4.78, 5) is 16.8. The molecule has 2 aromatic heterocycles. The summed E-state index contributed by atoms with van der Waals surface area (Å²) >= 11 is 1.56. The summed E-state index contributed by atoms with van der Waals surface area (Å²) in [6, 6.07) is 3.75. The summed E-state index contributed by atoms with van der Waals surface area (Å²) in [6.07, 6.45) is 3.91. The highest BCUT2D eigenvalue weighted by atomic mass is 32.2. The second-order valence-electron chi connectivity index (χ2n) is 4.41. The minimum Gasteiger partial charge on any atom is -0.347 e. The molecular formula is C12H15N3O3S2. The number of nitrogens with zero attached hydrogens (tertiary/aromatic N) is 2. The number of imidazole rings is 1. The number of sulfone groups is 1. The highest BCUT2D eigenvalue weighted by Crippen LogP contribution is 2.18. The molecule has 2 aromatic rings. The Labute approximate surface area is 121 Å². The van der Waals surface area contributed by atoms with Crippen LogP contribution in [0.1, 0.15) is 17.8 Å². The molecular weight excluding hydrogens is 298 g/mol. The van der Waals surface area contributed by atoms with E-state index >= 15 is 0 Å². The summed E-state index contributed by atoms with van der Waals surface area (Å²) in [7, 11) is -3.43. The van der Waals surface area contributed by atoms with E-state index in [2.05, 4.69) is 10.3 Å². The molecule has 1 N–H and O–H groups in total. The number of carbonyl (C=O) groups excluding carboxylic acids is 1. The number of hydrogen-bond donors (Lipinski definition) is 1. The molecule has 0 bridgehead atoms. The minimum atomic E-state index is -3.43. The highest BCUT2D eigenvalue weighted by molar-refractivity contribution is 7.90. The molecule has 1 amide bonds. The summed E-state index contributed by atoms with van der Waals surface area (Å²) in [6.45, 7) is 1.81. The minimum absolute atomic E-state index is 0.0713. The summed E-state index contributed by atoms with van der Waals surface area (Å²) in [5, 5.41) is 4.67. The van der Waals surface area contributed by atoms with Gasteiger partial charge in [0.05, 0.1) is 6.04 Å². The van der Waals surface area contributed by atoms with Gasteiger partial charge in [0.15, 0.2) is 0 Å². The third-order valence-corrected chi connectivity index (χ3v) is 4.73. The molecule has 0 fully saturated rings. The number of nitrogens with one attached hydrogen (secondary N) is 1. The van der Waals surface area contributed by atoms with E-state index in [0.29, 0.717) is 0 Å². The van der Waals surface area contributed by atoms with E-state index in [-0.39, 0.29) is 23.7 Å². The Bertz CT molecular complexity index is 689. The average molecular weight is 313 g/mol. The maximum absolute atomic E-state index is 11.9. The van der Waals surface area contributed by atoms with Gasteiger partial charge in [0.1, 0.15) is 6.54 Å². The van der Waals surface area contributed by atoms with E-state index in [1.165, 1.54) is 17.0 Å². The molecule has 2 heterocycles. The van der Waals surface area contributed by atoms with Crippen LogP contribution in [0.3, 0.4) is 0 Å². The normalized spacial score (nSPS) is 13.1. The van der Waals surface area contributed by atoms with Crippen LogP contribution in [-0.2, 0) is 21.2 Å². The first-order valence-electron chi connectivity index (χ1n) is 5.92. The molecule has 108 valence electrons. The van der Waals surface area contributed by atoms with Crippen molar-refractivity contribution in [3.05, 3.63) is 34.8 Å². The standard InChI is InChI=1S/C12H15N3O3S2/c1-9(10-4-3-7-19-10)14-11(16)8-15-6-5-13-12(15)20(2,17)18/h3-7,9H,8H2,1-2H3,(H,14,16)/t9-/m0/s1.